The number of amides is 2. The minimum Gasteiger partial charge on any atom is -0.342 e. The van der Waals surface area contributed by atoms with Gasteiger partial charge < -0.3 is 14.8 Å². The zero-order chi connectivity index (χ0) is 25.3. The fourth-order valence-electron chi connectivity index (χ4n) is 5.11. The Kier molecular flexibility index (Phi) is 6.93. The van der Waals surface area contributed by atoms with E-state index in [0.717, 1.165) is 42.5 Å². The van der Waals surface area contributed by atoms with Gasteiger partial charge in [-0.15, -0.1) is 0 Å². The summed E-state index contributed by atoms with van der Waals surface area (Å²) < 4.78 is 2.06. The number of nitrogens with zero attached hydrogens (tertiary/aromatic N) is 4. The lowest BCUT2D eigenvalue weighted by atomic mass is 9.86. The lowest BCUT2D eigenvalue weighted by Gasteiger charge is -2.33. The average molecular weight is 472 g/mol. The molecule has 3 heterocycles. The van der Waals surface area contributed by atoms with Gasteiger partial charge in [0.25, 0.3) is 5.91 Å². The van der Waals surface area contributed by atoms with E-state index in [9.17, 15) is 14.9 Å². The summed E-state index contributed by atoms with van der Waals surface area (Å²) in [5.74, 6) is 0.456. The zero-order valence-corrected chi connectivity index (χ0v) is 21.1. The van der Waals surface area contributed by atoms with Gasteiger partial charge in [0.2, 0.25) is 5.91 Å². The normalized spacial score (nSPS) is 14.5. The van der Waals surface area contributed by atoms with Crippen LogP contribution in [-0.4, -0.2) is 39.4 Å². The number of piperidine rings is 1. The molecule has 2 aromatic heterocycles. The quantitative estimate of drug-likeness (QED) is 0.555. The van der Waals surface area contributed by atoms with Crippen LogP contribution < -0.4 is 5.32 Å². The summed E-state index contributed by atoms with van der Waals surface area (Å²) in [4.78, 5) is 32.2. The minimum absolute atomic E-state index is 0.0147. The van der Waals surface area contributed by atoms with Crippen molar-refractivity contribution in [3.8, 4) is 6.07 Å². The predicted molar refractivity (Wildman–Crippen MR) is 137 cm³/mol. The molecule has 1 aliphatic rings. The second-order valence-corrected chi connectivity index (χ2v) is 10.0. The smallest absolute Gasteiger partial charge is 0.255 e. The van der Waals surface area contributed by atoms with E-state index in [1.54, 1.807) is 30.5 Å². The third-order valence-electron chi connectivity index (χ3n) is 6.87. The van der Waals surface area contributed by atoms with Crippen molar-refractivity contribution in [1.82, 2.24) is 14.5 Å². The molecule has 3 aromatic rings. The molecule has 0 radical (unpaired) electrons. The number of carbonyl (C=O) groups is 2. The lowest BCUT2D eigenvalue weighted by molar-refractivity contribution is -0.135. The van der Waals surface area contributed by atoms with Gasteiger partial charge in [0, 0.05) is 43.2 Å². The van der Waals surface area contributed by atoms with Crippen LogP contribution in [0.2, 0.25) is 0 Å². The Balaban J connectivity index is 1.69. The van der Waals surface area contributed by atoms with Crippen molar-refractivity contribution < 1.29 is 9.59 Å². The second-order valence-electron chi connectivity index (χ2n) is 10.0. The summed E-state index contributed by atoms with van der Waals surface area (Å²) in [7, 11) is 2.01. The number of likely N-dealkylation sites (tertiary alicyclic amines) is 1. The predicted octanol–water partition coefficient (Wildman–Crippen LogP) is 5.18. The van der Waals surface area contributed by atoms with E-state index in [4.69, 9.17) is 4.98 Å². The fourth-order valence-corrected chi connectivity index (χ4v) is 5.11. The van der Waals surface area contributed by atoms with Crippen LogP contribution in [0.25, 0.3) is 11.0 Å². The van der Waals surface area contributed by atoms with Gasteiger partial charge in [-0.2, -0.15) is 5.26 Å². The van der Waals surface area contributed by atoms with Crippen LogP contribution in [0, 0.1) is 17.2 Å². The van der Waals surface area contributed by atoms with Crippen molar-refractivity contribution in [3.05, 3.63) is 58.9 Å². The Hall–Kier alpha value is -3.66. The molecule has 0 atom stereocenters. The van der Waals surface area contributed by atoms with E-state index >= 15 is 0 Å². The Morgan fingerprint density at radius 3 is 2.51 bits per heavy atom. The molecule has 1 fully saturated rings. The summed E-state index contributed by atoms with van der Waals surface area (Å²) in [6.07, 6.45) is 5.72. The van der Waals surface area contributed by atoms with Crippen LogP contribution in [0.5, 0.6) is 0 Å². The molecule has 7 heteroatoms. The largest absolute Gasteiger partial charge is 0.342 e. The SMILES string of the molecule is CC(C)C(=O)N1CCC(c2cn(C)c3ncc(NC(=O)c4cccc(C#N)c4)c(C(C)C)c23)CC1. The van der Waals surface area contributed by atoms with Crippen LogP contribution in [0.4, 0.5) is 5.69 Å². The Morgan fingerprint density at radius 2 is 1.89 bits per heavy atom. The first-order valence-electron chi connectivity index (χ1n) is 12.3. The van der Waals surface area contributed by atoms with E-state index in [1.807, 2.05) is 25.8 Å². The van der Waals surface area contributed by atoms with E-state index in [0.29, 0.717) is 22.7 Å². The van der Waals surface area contributed by atoms with Crippen LogP contribution >= 0.6 is 0 Å². The van der Waals surface area contributed by atoms with Crippen LogP contribution in [0.15, 0.2) is 36.7 Å². The number of hydrogen-bond donors (Lipinski definition) is 1. The number of nitriles is 1. The highest BCUT2D eigenvalue weighted by atomic mass is 16.2. The molecular formula is C28H33N5O2. The minimum atomic E-state index is -0.261. The molecule has 4 rings (SSSR count). The van der Waals surface area contributed by atoms with Gasteiger partial charge in [0.05, 0.1) is 23.5 Å². The number of pyridine rings is 1. The van der Waals surface area contributed by atoms with Gasteiger partial charge in [0.15, 0.2) is 0 Å². The van der Waals surface area contributed by atoms with Crippen molar-refractivity contribution in [2.24, 2.45) is 13.0 Å². The molecule has 0 aliphatic carbocycles. The number of rotatable bonds is 5. The highest BCUT2D eigenvalue weighted by Crippen LogP contribution is 2.40. The van der Waals surface area contributed by atoms with Crippen molar-refractivity contribution in [1.29, 1.82) is 5.26 Å². The molecule has 1 saturated heterocycles. The van der Waals surface area contributed by atoms with E-state index in [2.05, 4.69) is 36.0 Å². The first-order valence-corrected chi connectivity index (χ1v) is 12.3. The molecule has 2 amide bonds. The summed E-state index contributed by atoms with van der Waals surface area (Å²) >= 11 is 0. The maximum absolute atomic E-state index is 13.0. The summed E-state index contributed by atoms with van der Waals surface area (Å²) in [5.41, 5.74) is 4.78. The monoisotopic (exact) mass is 471 g/mol. The number of carbonyl (C=O) groups excluding carboxylic acids is 2. The molecule has 1 aromatic carbocycles. The highest BCUT2D eigenvalue weighted by molar-refractivity contribution is 6.06. The maximum atomic E-state index is 13.0. The number of nitrogens with one attached hydrogen (secondary N) is 1. The van der Waals surface area contributed by atoms with Gasteiger partial charge in [-0.05, 0) is 54.0 Å². The molecular weight excluding hydrogens is 438 g/mol. The number of benzene rings is 1. The van der Waals surface area contributed by atoms with Gasteiger partial charge in [0.1, 0.15) is 5.65 Å². The van der Waals surface area contributed by atoms with E-state index < -0.39 is 0 Å². The third-order valence-corrected chi connectivity index (χ3v) is 6.87. The van der Waals surface area contributed by atoms with Gasteiger partial charge in [-0.1, -0.05) is 33.8 Å². The molecule has 0 bridgehead atoms. The first-order chi connectivity index (χ1) is 16.7. The van der Waals surface area contributed by atoms with Crippen molar-refractivity contribution >= 4 is 28.5 Å². The number of fused-ring (bicyclic) bond motifs is 1. The van der Waals surface area contributed by atoms with Gasteiger partial charge in [-0.25, -0.2) is 4.98 Å². The summed E-state index contributed by atoms with van der Waals surface area (Å²) in [5, 5.41) is 13.3. The topological polar surface area (TPSA) is 91.0 Å². The number of hydrogen-bond acceptors (Lipinski definition) is 4. The van der Waals surface area contributed by atoms with Crippen molar-refractivity contribution in [2.75, 3.05) is 18.4 Å². The molecule has 0 unspecified atom stereocenters. The molecule has 7 nitrogen and oxygen atoms in total. The van der Waals surface area contributed by atoms with Crippen molar-refractivity contribution in [3.63, 3.8) is 0 Å². The maximum Gasteiger partial charge on any atom is 0.255 e. The lowest BCUT2D eigenvalue weighted by Crippen LogP contribution is -2.40. The van der Waals surface area contributed by atoms with Gasteiger partial charge in [-0.3, -0.25) is 9.59 Å². The van der Waals surface area contributed by atoms with E-state index in [1.165, 1.54) is 5.56 Å². The Morgan fingerprint density at radius 1 is 1.17 bits per heavy atom. The van der Waals surface area contributed by atoms with Gasteiger partial charge >= 0.3 is 0 Å². The fraction of sp³-hybridized carbons (Fsp3) is 0.429. The highest BCUT2D eigenvalue weighted by Gasteiger charge is 2.29. The Bertz CT molecular complexity index is 1310. The third kappa shape index (κ3) is 4.79. The molecule has 182 valence electrons. The zero-order valence-electron chi connectivity index (χ0n) is 21.1. The van der Waals surface area contributed by atoms with Crippen LogP contribution in [0.1, 0.15) is 79.4 Å². The molecule has 1 aliphatic heterocycles. The summed E-state index contributed by atoms with van der Waals surface area (Å²) in [6.45, 7) is 9.67. The number of aryl methyl sites for hydroxylation is 1. The molecule has 35 heavy (non-hydrogen) atoms. The van der Waals surface area contributed by atoms with Crippen molar-refractivity contribution in [2.45, 2.75) is 52.4 Å². The first kappa shape index (κ1) is 24.5. The molecule has 0 saturated carbocycles. The average Bonchev–Trinajstić information content (AvgIpc) is 3.19. The Labute approximate surface area is 206 Å². The molecule has 0 spiro atoms. The molecule has 1 N–H and O–H groups in total. The second kappa shape index (κ2) is 9.91. The number of aromatic nitrogens is 2. The van der Waals surface area contributed by atoms with Crippen LogP contribution in [-0.2, 0) is 11.8 Å². The van der Waals surface area contributed by atoms with E-state index in [-0.39, 0.29) is 23.7 Å². The van der Waals surface area contributed by atoms with Crippen LogP contribution in [0.3, 0.4) is 0 Å². The number of anilines is 1. The summed E-state index contributed by atoms with van der Waals surface area (Å²) in [6, 6.07) is 8.78. The standard InChI is InChI=1S/C28H33N5O2/c1-17(2)24-23(31-27(34)21-8-6-7-19(13-21)14-29)15-30-26-25(24)22(16-32(26)5)20-9-11-33(12-10-20)28(35)18(3)4/h6-8,13,15-18,20H,9-12H2,1-5H3,(H,31,34).